The number of hydrogen-bond acceptors (Lipinski definition) is 5. The number of nitrogens with one attached hydrogen (secondary N) is 1. The molecule has 0 bridgehead atoms. The van der Waals surface area contributed by atoms with Crippen molar-refractivity contribution < 1.29 is 24.2 Å². The Morgan fingerprint density at radius 3 is 2.71 bits per heavy atom. The summed E-state index contributed by atoms with van der Waals surface area (Å²) in [4.78, 5) is 24.1. The van der Waals surface area contributed by atoms with Crippen LogP contribution in [0.4, 0.5) is 0 Å². The summed E-state index contributed by atoms with van der Waals surface area (Å²) in [5.74, 6) is -0.00693. The van der Waals surface area contributed by atoms with Crippen molar-refractivity contribution in [3.8, 4) is 11.5 Å². The van der Waals surface area contributed by atoms with E-state index in [9.17, 15) is 14.7 Å². The first-order chi connectivity index (χ1) is 14.9. The van der Waals surface area contributed by atoms with Gasteiger partial charge in [-0.15, -0.1) is 0 Å². The van der Waals surface area contributed by atoms with Crippen molar-refractivity contribution in [3.63, 3.8) is 0 Å². The number of carbonyl (C=O) groups is 2. The fourth-order valence-electron chi connectivity index (χ4n) is 3.80. The van der Waals surface area contributed by atoms with Crippen LogP contribution in [0, 0.1) is 6.92 Å². The number of cyclic esters (lactones) is 1. The number of benzene rings is 2. The van der Waals surface area contributed by atoms with Crippen LogP contribution in [0.25, 0.3) is 0 Å². The van der Waals surface area contributed by atoms with Crippen molar-refractivity contribution >= 4 is 11.9 Å². The number of carbonyl (C=O) groups excluding carboxylic acids is 2. The average molecular weight is 424 g/mol. The molecule has 0 saturated heterocycles. The summed E-state index contributed by atoms with van der Waals surface area (Å²) in [5, 5.41) is 13.6. The molecule has 0 unspecified atom stereocenters. The number of ether oxygens (including phenoxy) is 2. The smallest absolute Gasteiger partial charge is 0.342 e. The molecule has 1 aliphatic heterocycles. The van der Waals surface area contributed by atoms with Gasteiger partial charge < -0.3 is 19.9 Å². The summed E-state index contributed by atoms with van der Waals surface area (Å²) in [6.45, 7) is 4.58. The molecule has 6 nitrogen and oxygen atoms in total. The van der Waals surface area contributed by atoms with Crippen LogP contribution in [-0.2, 0) is 29.0 Å². The number of fused-ring (bicyclic) bond motifs is 1. The first-order valence-corrected chi connectivity index (χ1v) is 10.5. The van der Waals surface area contributed by atoms with Gasteiger partial charge in [-0.3, -0.25) is 4.79 Å². The molecule has 2 aromatic rings. The molecule has 2 N–H and O–H groups in total. The molecule has 31 heavy (non-hydrogen) atoms. The van der Waals surface area contributed by atoms with Crippen LogP contribution >= 0.6 is 0 Å². The third kappa shape index (κ3) is 5.26. The number of esters is 1. The van der Waals surface area contributed by atoms with E-state index >= 15 is 0 Å². The number of phenols is 1. The van der Waals surface area contributed by atoms with Gasteiger partial charge in [0, 0.05) is 24.1 Å². The third-order valence-electron chi connectivity index (χ3n) is 5.63. The van der Waals surface area contributed by atoms with Crippen LogP contribution in [0.15, 0.2) is 42.0 Å². The van der Waals surface area contributed by atoms with E-state index in [2.05, 4.69) is 5.32 Å². The van der Waals surface area contributed by atoms with E-state index in [1.54, 1.807) is 7.11 Å². The Morgan fingerprint density at radius 1 is 1.26 bits per heavy atom. The predicted octanol–water partition coefficient (Wildman–Crippen LogP) is 4.01. The molecule has 0 aromatic heterocycles. The second-order valence-corrected chi connectivity index (χ2v) is 7.76. The topological polar surface area (TPSA) is 84.9 Å². The van der Waals surface area contributed by atoms with E-state index in [4.69, 9.17) is 9.47 Å². The van der Waals surface area contributed by atoms with Gasteiger partial charge in [0.15, 0.2) is 0 Å². The highest BCUT2D eigenvalue weighted by Crippen LogP contribution is 2.42. The largest absolute Gasteiger partial charge is 0.507 e. The van der Waals surface area contributed by atoms with Gasteiger partial charge in [0.05, 0.1) is 7.11 Å². The predicted molar refractivity (Wildman–Crippen MR) is 118 cm³/mol. The van der Waals surface area contributed by atoms with E-state index < -0.39 is 5.97 Å². The maximum absolute atomic E-state index is 12.1. The fourth-order valence-corrected chi connectivity index (χ4v) is 3.80. The minimum Gasteiger partial charge on any atom is -0.507 e. The molecule has 1 heterocycles. The zero-order chi connectivity index (χ0) is 22.4. The fraction of sp³-hybridized carbons (Fsp3) is 0.360. The number of aromatic hydroxyl groups is 1. The molecule has 164 valence electrons. The molecule has 0 spiro atoms. The van der Waals surface area contributed by atoms with Gasteiger partial charge in [0.1, 0.15) is 23.7 Å². The lowest BCUT2D eigenvalue weighted by Crippen LogP contribution is -2.25. The maximum Gasteiger partial charge on any atom is 0.342 e. The number of rotatable bonds is 9. The van der Waals surface area contributed by atoms with Gasteiger partial charge in [0.25, 0.3) is 0 Å². The van der Waals surface area contributed by atoms with Crippen molar-refractivity contribution in [1.29, 1.82) is 0 Å². The molecule has 0 radical (unpaired) electrons. The van der Waals surface area contributed by atoms with Gasteiger partial charge in [-0.05, 0) is 44.2 Å². The van der Waals surface area contributed by atoms with Crippen molar-refractivity contribution in [2.45, 2.75) is 46.1 Å². The molecule has 0 saturated carbocycles. The van der Waals surface area contributed by atoms with Crippen molar-refractivity contribution in [2.75, 3.05) is 13.7 Å². The van der Waals surface area contributed by atoms with Gasteiger partial charge in [-0.1, -0.05) is 42.0 Å². The van der Waals surface area contributed by atoms with Crippen LogP contribution in [0.3, 0.4) is 0 Å². The van der Waals surface area contributed by atoms with Crippen molar-refractivity contribution in [3.05, 3.63) is 69.8 Å². The highest BCUT2D eigenvalue weighted by atomic mass is 16.5. The number of methoxy groups -OCH3 is 1. The maximum atomic E-state index is 12.1. The van der Waals surface area contributed by atoms with Crippen molar-refractivity contribution in [1.82, 2.24) is 5.32 Å². The van der Waals surface area contributed by atoms with Crippen LogP contribution in [0.1, 0.15) is 52.4 Å². The monoisotopic (exact) mass is 423 g/mol. The normalized spacial score (nSPS) is 13.0. The summed E-state index contributed by atoms with van der Waals surface area (Å²) >= 11 is 0. The van der Waals surface area contributed by atoms with Gasteiger partial charge in [-0.2, -0.15) is 0 Å². The van der Waals surface area contributed by atoms with Gasteiger partial charge >= 0.3 is 5.97 Å². The van der Waals surface area contributed by atoms with Crippen molar-refractivity contribution in [2.24, 2.45) is 0 Å². The molecule has 3 rings (SSSR count). The molecule has 2 aromatic carbocycles. The molecule has 0 fully saturated rings. The van der Waals surface area contributed by atoms with Gasteiger partial charge in [0.2, 0.25) is 5.91 Å². The number of allylic oxidation sites excluding steroid dienone is 2. The second-order valence-electron chi connectivity index (χ2n) is 7.76. The lowest BCUT2D eigenvalue weighted by atomic mass is 9.94. The van der Waals surface area contributed by atoms with E-state index in [-0.39, 0.29) is 23.8 Å². The van der Waals surface area contributed by atoms with Crippen LogP contribution in [0.5, 0.6) is 11.5 Å². The Kier molecular flexibility index (Phi) is 7.34. The standard InChI is InChI=1S/C25H29NO5/c1-16(10-12-21(27)26-14-13-18-7-5-4-6-8-18)9-11-19-23(28)22-20(15-31-25(22)29)17(2)24(19)30-3/h4-9,28H,10-15H2,1-3H3,(H,26,27). The summed E-state index contributed by atoms with van der Waals surface area (Å²) in [6, 6.07) is 10.0. The minimum atomic E-state index is -0.507. The summed E-state index contributed by atoms with van der Waals surface area (Å²) < 4.78 is 10.6. The zero-order valence-electron chi connectivity index (χ0n) is 18.3. The molecule has 0 aliphatic carbocycles. The molecular weight excluding hydrogens is 394 g/mol. The third-order valence-corrected chi connectivity index (χ3v) is 5.63. The van der Waals surface area contributed by atoms with Crippen LogP contribution in [0.2, 0.25) is 0 Å². The number of hydrogen-bond donors (Lipinski definition) is 2. The van der Waals surface area contributed by atoms with E-state index in [1.807, 2.05) is 50.3 Å². The number of phenolic OH excluding ortho intramolecular Hbond substituents is 1. The Labute approximate surface area is 182 Å². The SMILES string of the molecule is COc1c(C)c2c(c(O)c1CC=C(C)CCC(=O)NCCc1ccccc1)C(=O)OC2. The molecule has 0 atom stereocenters. The quantitative estimate of drug-likeness (QED) is 0.470. The first-order valence-electron chi connectivity index (χ1n) is 10.5. The lowest BCUT2D eigenvalue weighted by Gasteiger charge is -2.15. The van der Waals surface area contributed by atoms with Crippen LogP contribution in [-0.4, -0.2) is 30.6 Å². The summed E-state index contributed by atoms with van der Waals surface area (Å²) in [5.41, 5.74) is 4.50. The van der Waals surface area contributed by atoms with E-state index in [0.717, 1.165) is 17.6 Å². The molecule has 1 amide bonds. The Morgan fingerprint density at radius 2 is 2.00 bits per heavy atom. The highest BCUT2D eigenvalue weighted by Gasteiger charge is 2.31. The first kappa shape index (κ1) is 22.4. The molecular formula is C25H29NO5. The minimum absolute atomic E-state index is 0.0141. The van der Waals surface area contributed by atoms with E-state index in [1.165, 1.54) is 5.56 Å². The van der Waals surface area contributed by atoms with Crippen LogP contribution < -0.4 is 10.1 Å². The zero-order valence-corrected chi connectivity index (χ0v) is 18.3. The average Bonchev–Trinajstić information content (AvgIpc) is 3.16. The molecule has 1 aliphatic rings. The van der Waals surface area contributed by atoms with E-state index in [0.29, 0.717) is 42.7 Å². The highest BCUT2D eigenvalue weighted by molar-refractivity contribution is 5.98. The Balaban J connectivity index is 1.57. The molecule has 6 heteroatoms. The number of amides is 1. The Hall–Kier alpha value is -3.28. The summed E-state index contributed by atoms with van der Waals surface area (Å²) in [6.07, 6.45) is 4.18. The lowest BCUT2D eigenvalue weighted by molar-refractivity contribution is -0.121. The van der Waals surface area contributed by atoms with Gasteiger partial charge in [-0.25, -0.2) is 4.79 Å². The Bertz CT molecular complexity index is 995. The summed E-state index contributed by atoms with van der Waals surface area (Å²) in [7, 11) is 1.55. The second kappa shape index (κ2) is 10.2.